The molecule has 0 aliphatic rings. The first kappa shape index (κ1) is 18.7. The molecular formula is C22H18ClNO3. The van der Waals surface area contributed by atoms with Gasteiger partial charge in [-0.3, -0.25) is 4.79 Å². The highest BCUT2D eigenvalue weighted by atomic mass is 35.5. The van der Waals surface area contributed by atoms with E-state index in [-0.39, 0.29) is 5.91 Å². The number of aryl methyl sites for hydroxylation is 2. The van der Waals surface area contributed by atoms with Crippen LogP contribution in [0.2, 0.25) is 5.02 Å². The molecule has 4 nitrogen and oxygen atoms in total. The molecule has 0 aromatic heterocycles. The van der Waals surface area contributed by atoms with E-state index in [1.54, 1.807) is 48.5 Å². The van der Waals surface area contributed by atoms with Crippen molar-refractivity contribution in [3.05, 3.63) is 94.0 Å². The molecule has 5 heteroatoms. The van der Waals surface area contributed by atoms with E-state index in [0.717, 1.165) is 16.8 Å². The Hall–Kier alpha value is -3.11. The number of halogens is 1. The Morgan fingerprint density at radius 2 is 1.48 bits per heavy atom. The molecule has 0 saturated carbocycles. The Labute approximate surface area is 162 Å². The summed E-state index contributed by atoms with van der Waals surface area (Å²) in [6.07, 6.45) is 0. The molecule has 136 valence electrons. The molecule has 0 fully saturated rings. The van der Waals surface area contributed by atoms with Gasteiger partial charge in [0, 0.05) is 16.3 Å². The largest absolute Gasteiger partial charge is 0.423 e. The molecule has 0 unspecified atom stereocenters. The molecular weight excluding hydrogens is 362 g/mol. The first-order valence-electron chi connectivity index (χ1n) is 8.39. The van der Waals surface area contributed by atoms with Gasteiger partial charge in [-0.05, 0) is 74.0 Å². The monoisotopic (exact) mass is 379 g/mol. The lowest BCUT2D eigenvalue weighted by molar-refractivity contribution is 0.0734. The molecule has 0 bridgehead atoms. The predicted molar refractivity (Wildman–Crippen MR) is 107 cm³/mol. The van der Waals surface area contributed by atoms with Gasteiger partial charge in [0.25, 0.3) is 5.91 Å². The minimum Gasteiger partial charge on any atom is -0.423 e. The number of hydrogen-bond donors (Lipinski definition) is 1. The average Bonchev–Trinajstić information content (AvgIpc) is 2.65. The van der Waals surface area contributed by atoms with E-state index in [1.165, 1.54) is 0 Å². The van der Waals surface area contributed by atoms with Gasteiger partial charge in [-0.25, -0.2) is 4.79 Å². The van der Waals surface area contributed by atoms with Crippen LogP contribution < -0.4 is 10.1 Å². The second-order valence-corrected chi connectivity index (χ2v) is 6.63. The molecule has 0 heterocycles. The van der Waals surface area contributed by atoms with Crippen LogP contribution in [-0.4, -0.2) is 11.9 Å². The maximum atomic E-state index is 12.4. The summed E-state index contributed by atoms with van der Waals surface area (Å²) in [5.41, 5.74) is 3.77. The highest BCUT2D eigenvalue weighted by Crippen LogP contribution is 2.19. The molecule has 3 aromatic rings. The fraction of sp³-hybridized carbons (Fsp3) is 0.0909. The van der Waals surface area contributed by atoms with Gasteiger partial charge in [-0.15, -0.1) is 0 Å². The van der Waals surface area contributed by atoms with Crippen molar-refractivity contribution in [2.24, 2.45) is 0 Å². The van der Waals surface area contributed by atoms with Crippen LogP contribution >= 0.6 is 11.6 Å². The molecule has 1 amide bonds. The van der Waals surface area contributed by atoms with Crippen molar-refractivity contribution in [1.82, 2.24) is 0 Å². The number of rotatable bonds is 4. The van der Waals surface area contributed by atoms with Crippen molar-refractivity contribution < 1.29 is 14.3 Å². The lowest BCUT2D eigenvalue weighted by Gasteiger charge is -2.10. The summed E-state index contributed by atoms with van der Waals surface area (Å²) in [5, 5.41) is 3.43. The second-order valence-electron chi connectivity index (χ2n) is 6.19. The zero-order chi connectivity index (χ0) is 19.4. The van der Waals surface area contributed by atoms with Crippen LogP contribution in [0, 0.1) is 13.8 Å². The molecule has 0 aliphatic carbocycles. The Morgan fingerprint density at radius 1 is 0.852 bits per heavy atom. The molecule has 1 N–H and O–H groups in total. The molecule has 3 rings (SSSR count). The summed E-state index contributed by atoms with van der Waals surface area (Å²) in [5.74, 6) is -0.352. The first-order chi connectivity index (χ1) is 12.9. The van der Waals surface area contributed by atoms with Crippen molar-refractivity contribution in [1.29, 1.82) is 0 Å². The molecule has 27 heavy (non-hydrogen) atoms. The summed E-state index contributed by atoms with van der Waals surface area (Å²) in [7, 11) is 0. The SMILES string of the molecule is Cc1ccc(NC(=O)c2ccc(OC(=O)c3ccc(Cl)cc3)cc2)c(C)c1. The number of nitrogens with one attached hydrogen (secondary N) is 1. The number of hydrogen-bond acceptors (Lipinski definition) is 3. The van der Waals surface area contributed by atoms with Gasteiger partial charge in [0.15, 0.2) is 0 Å². The normalized spacial score (nSPS) is 10.3. The van der Waals surface area contributed by atoms with Crippen molar-refractivity contribution >= 4 is 29.2 Å². The maximum Gasteiger partial charge on any atom is 0.343 e. The smallest absolute Gasteiger partial charge is 0.343 e. The lowest BCUT2D eigenvalue weighted by atomic mass is 10.1. The van der Waals surface area contributed by atoms with Crippen LogP contribution in [0.4, 0.5) is 5.69 Å². The van der Waals surface area contributed by atoms with Gasteiger partial charge < -0.3 is 10.1 Å². The van der Waals surface area contributed by atoms with Crippen LogP contribution in [0.15, 0.2) is 66.7 Å². The van der Waals surface area contributed by atoms with Crippen LogP contribution in [0.1, 0.15) is 31.8 Å². The number of ether oxygens (including phenoxy) is 1. The van der Waals surface area contributed by atoms with Crippen LogP contribution in [0.5, 0.6) is 5.75 Å². The minimum absolute atomic E-state index is 0.225. The maximum absolute atomic E-state index is 12.4. The van der Waals surface area contributed by atoms with Gasteiger partial charge in [0.05, 0.1) is 5.56 Å². The van der Waals surface area contributed by atoms with E-state index >= 15 is 0 Å². The number of benzene rings is 3. The van der Waals surface area contributed by atoms with Crippen molar-refractivity contribution in [2.75, 3.05) is 5.32 Å². The van der Waals surface area contributed by atoms with E-state index in [9.17, 15) is 9.59 Å². The minimum atomic E-state index is -0.487. The second kappa shape index (κ2) is 8.06. The van der Waals surface area contributed by atoms with E-state index in [0.29, 0.717) is 21.9 Å². The molecule has 0 radical (unpaired) electrons. The van der Waals surface area contributed by atoms with Gasteiger partial charge in [-0.1, -0.05) is 29.3 Å². The Balaban J connectivity index is 1.66. The van der Waals surface area contributed by atoms with Gasteiger partial charge in [-0.2, -0.15) is 0 Å². The van der Waals surface area contributed by atoms with E-state index in [1.807, 2.05) is 32.0 Å². The van der Waals surface area contributed by atoms with Crippen LogP contribution in [-0.2, 0) is 0 Å². The third-order valence-electron chi connectivity index (χ3n) is 4.04. The van der Waals surface area contributed by atoms with E-state index in [2.05, 4.69) is 5.32 Å². The molecule has 0 atom stereocenters. The number of anilines is 1. The van der Waals surface area contributed by atoms with Gasteiger partial charge in [0.1, 0.15) is 5.75 Å². The number of carbonyl (C=O) groups is 2. The van der Waals surface area contributed by atoms with Crippen molar-refractivity contribution in [3.8, 4) is 5.75 Å². The van der Waals surface area contributed by atoms with Crippen molar-refractivity contribution in [3.63, 3.8) is 0 Å². The van der Waals surface area contributed by atoms with Gasteiger partial charge in [0.2, 0.25) is 0 Å². The molecule has 0 aliphatic heterocycles. The number of carbonyl (C=O) groups excluding carboxylic acids is 2. The summed E-state index contributed by atoms with van der Waals surface area (Å²) < 4.78 is 5.31. The van der Waals surface area contributed by atoms with E-state index < -0.39 is 5.97 Å². The summed E-state index contributed by atoms with van der Waals surface area (Å²) in [6, 6.07) is 18.7. The standard InChI is InChI=1S/C22H18ClNO3/c1-14-3-12-20(15(2)13-14)24-21(25)16-6-10-19(11-7-16)27-22(26)17-4-8-18(23)9-5-17/h3-13H,1-2H3,(H,24,25). The zero-order valence-electron chi connectivity index (χ0n) is 15.0. The van der Waals surface area contributed by atoms with Crippen LogP contribution in [0.25, 0.3) is 0 Å². The lowest BCUT2D eigenvalue weighted by Crippen LogP contribution is -2.13. The molecule has 3 aromatic carbocycles. The quantitative estimate of drug-likeness (QED) is 0.486. The van der Waals surface area contributed by atoms with E-state index in [4.69, 9.17) is 16.3 Å². The topological polar surface area (TPSA) is 55.4 Å². The summed E-state index contributed by atoms with van der Waals surface area (Å²) in [4.78, 5) is 24.5. The number of esters is 1. The highest BCUT2D eigenvalue weighted by Gasteiger charge is 2.11. The van der Waals surface area contributed by atoms with Gasteiger partial charge >= 0.3 is 5.97 Å². The fourth-order valence-electron chi connectivity index (χ4n) is 2.57. The Bertz CT molecular complexity index is 979. The number of amides is 1. The average molecular weight is 380 g/mol. The van der Waals surface area contributed by atoms with Crippen LogP contribution in [0.3, 0.4) is 0 Å². The fourth-order valence-corrected chi connectivity index (χ4v) is 2.70. The highest BCUT2D eigenvalue weighted by molar-refractivity contribution is 6.30. The third-order valence-corrected chi connectivity index (χ3v) is 4.29. The Morgan fingerprint density at radius 3 is 2.11 bits per heavy atom. The zero-order valence-corrected chi connectivity index (χ0v) is 15.7. The van der Waals surface area contributed by atoms with Crippen molar-refractivity contribution in [2.45, 2.75) is 13.8 Å². The first-order valence-corrected chi connectivity index (χ1v) is 8.76. The molecule has 0 saturated heterocycles. The predicted octanol–water partition coefficient (Wildman–Crippen LogP) is 5.43. The molecule has 0 spiro atoms. The summed E-state index contributed by atoms with van der Waals surface area (Å²) in [6.45, 7) is 3.95. The summed E-state index contributed by atoms with van der Waals surface area (Å²) >= 11 is 5.81. The Kier molecular flexibility index (Phi) is 5.57. The third kappa shape index (κ3) is 4.74.